The van der Waals surface area contributed by atoms with Gasteiger partial charge in [0.05, 0.1) is 0 Å². The molecule has 3 amide bonds. The SMILES string of the molecule is O=C1CO[C@H]2CCN(C(=O)N3C4COC[PH2]3CC(OCc3ccc(C(F)(F)F)cc3F)C4)C[C@H]2N1. The number of nitrogens with one attached hydrogen (secondary N) is 1. The maximum absolute atomic E-state index is 14.2. The summed E-state index contributed by atoms with van der Waals surface area (Å²) >= 11 is 0. The summed E-state index contributed by atoms with van der Waals surface area (Å²) in [6.07, 6.45) is -2.64. The van der Waals surface area contributed by atoms with E-state index in [9.17, 15) is 27.2 Å². The van der Waals surface area contributed by atoms with Gasteiger partial charge in [0.2, 0.25) is 0 Å². The summed E-state index contributed by atoms with van der Waals surface area (Å²) in [7, 11) is -1.86. The fourth-order valence-corrected chi connectivity index (χ4v) is 8.55. The maximum atomic E-state index is 14.2. The molecule has 2 bridgehead atoms. The van der Waals surface area contributed by atoms with E-state index in [1.165, 1.54) is 0 Å². The van der Waals surface area contributed by atoms with Crippen LogP contribution >= 0.6 is 8.07 Å². The van der Waals surface area contributed by atoms with Crippen LogP contribution in [0.5, 0.6) is 0 Å². The van der Waals surface area contributed by atoms with Crippen molar-refractivity contribution in [1.29, 1.82) is 0 Å². The molecule has 0 radical (unpaired) electrons. The molecule has 8 nitrogen and oxygen atoms in total. The van der Waals surface area contributed by atoms with Crippen LogP contribution in [0, 0.1) is 5.82 Å². The minimum absolute atomic E-state index is 0.0490. The first kappa shape index (κ1) is 24.7. The summed E-state index contributed by atoms with van der Waals surface area (Å²) in [5, 5.41) is 2.91. The van der Waals surface area contributed by atoms with Gasteiger partial charge in [-0.1, -0.05) is 0 Å². The van der Waals surface area contributed by atoms with Gasteiger partial charge in [0.1, 0.15) is 0 Å². The molecule has 1 aromatic rings. The number of piperidine rings is 1. The second kappa shape index (κ2) is 9.80. The summed E-state index contributed by atoms with van der Waals surface area (Å²) in [5.74, 6) is -1.13. The van der Waals surface area contributed by atoms with E-state index < -0.39 is 25.6 Å². The Balaban J connectivity index is 1.20. The molecule has 0 aromatic heterocycles. The number of morpholine rings is 1. The predicted octanol–water partition coefficient (Wildman–Crippen LogP) is 2.36. The van der Waals surface area contributed by atoms with E-state index in [1.807, 2.05) is 4.67 Å². The average Bonchev–Trinajstić information content (AvgIpc) is 2.81. The second-order valence-electron chi connectivity index (χ2n) is 9.50. The van der Waals surface area contributed by atoms with Crippen molar-refractivity contribution in [2.45, 2.75) is 49.9 Å². The third kappa shape index (κ3) is 5.26. The predicted molar refractivity (Wildman–Crippen MR) is 119 cm³/mol. The molecule has 5 rings (SSSR count). The van der Waals surface area contributed by atoms with E-state index >= 15 is 0 Å². The van der Waals surface area contributed by atoms with E-state index in [0.717, 1.165) is 12.1 Å². The Bertz CT molecular complexity index is 969. The number of rotatable bonds is 3. The van der Waals surface area contributed by atoms with Gasteiger partial charge < -0.3 is 0 Å². The van der Waals surface area contributed by atoms with Crippen molar-refractivity contribution in [2.24, 2.45) is 0 Å². The zero-order chi connectivity index (χ0) is 24.7. The van der Waals surface area contributed by atoms with Gasteiger partial charge in [0.15, 0.2) is 0 Å². The zero-order valence-corrected chi connectivity index (χ0v) is 20.1. The van der Waals surface area contributed by atoms with Crippen LogP contribution < -0.4 is 5.32 Å². The summed E-state index contributed by atoms with van der Waals surface area (Å²) in [6, 6.07) is 2.00. The molecule has 4 saturated heterocycles. The van der Waals surface area contributed by atoms with Crippen LogP contribution in [0.3, 0.4) is 0 Å². The molecule has 0 aliphatic carbocycles. The number of amides is 3. The van der Waals surface area contributed by atoms with Crippen molar-refractivity contribution in [3.05, 3.63) is 35.1 Å². The van der Waals surface area contributed by atoms with Gasteiger partial charge in [-0.2, -0.15) is 0 Å². The number of hydrogen-bond acceptors (Lipinski definition) is 5. The van der Waals surface area contributed by atoms with Crippen molar-refractivity contribution >= 4 is 20.0 Å². The number of likely N-dealkylation sites (tertiary alicyclic amines) is 1. The van der Waals surface area contributed by atoms with Crippen LogP contribution in [-0.4, -0.2) is 84.6 Å². The van der Waals surface area contributed by atoms with E-state index in [-0.39, 0.29) is 55.0 Å². The molecule has 4 fully saturated rings. The fraction of sp³-hybridized carbons (Fsp3) is 0.636. The Labute approximate surface area is 200 Å². The van der Waals surface area contributed by atoms with Crippen LogP contribution in [-0.2, 0) is 31.8 Å². The van der Waals surface area contributed by atoms with E-state index in [4.69, 9.17) is 14.2 Å². The van der Waals surface area contributed by atoms with E-state index in [0.29, 0.717) is 51.1 Å². The first-order valence-corrected chi connectivity index (χ1v) is 13.9. The summed E-state index contributed by atoms with van der Waals surface area (Å²) in [4.78, 5) is 26.9. The van der Waals surface area contributed by atoms with Crippen molar-refractivity contribution < 1.29 is 41.4 Å². The van der Waals surface area contributed by atoms with Crippen LogP contribution in [0.1, 0.15) is 24.0 Å². The fourth-order valence-electron chi connectivity index (χ4n) is 5.40. The van der Waals surface area contributed by atoms with Gasteiger partial charge in [-0.3, -0.25) is 0 Å². The third-order valence-electron chi connectivity index (χ3n) is 7.15. The molecule has 4 aliphatic rings. The molecular weight excluding hydrogens is 493 g/mol. The molecule has 4 heterocycles. The van der Waals surface area contributed by atoms with E-state index in [1.54, 1.807) is 4.90 Å². The number of hydrogen-bond donors (Lipinski definition) is 1. The Kier molecular flexibility index (Phi) is 6.91. The zero-order valence-electron chi connectivity index (χ0n) is 18.9. The second-order valence-corrected chi connectivity index (χ2v) is 12.2. The standard InChI is InChI=1S/C22H28F4N3O5P/c23-17-5-14(22(24,25)26)2-1-13(17)8-33-16-6-15-9-32-12-35(11-16)29(15)21(31)28-4-3-19-18(7-28)27-20(30)10-34-19/h1-2,5,15-16,18-19H,3-4,6-12,35H2,(H,27,30)/t15?,16?,18-,19+/m1/s1. The Morgan fingerprint density at radius 2 is 2.14 bits per heavy atom. The molecule has 0 spiro atoms. The third-order valence-corrected chi connectivity index (χ3v) is 10.3. The molecule has 4 atom stereocenters. The minimum atomic E-state index is -4.60. The molecule has 4 aliphatic heterocycles. The first-order valence-electron chi connectivity index (χ1n) is 11.7. The Morgan fingerprint density at radius 3 is 2.89 bits per heavy atom. The van der Waals surface area contributed by atoms with Gasteiger partial charge in [-0.25, -0.2) is 0 Å². The number of carbonyl (C=O) groups is 2. The number of nitrogens with zero attached hydrogens (tertiary/aromatic N) is 2. The molecule has 2 unspecified atom stereocenters. The van der Waals surface area contributed by atoms with Gasteiger partial charge >= 0.3 is 200 Å². The van der Waals surface area contributed by atoms with Crippen LogP contribution in [0.2, 0.25) is 0 Å². The number of benzene rings is 1. The first-order chi connectivity index (χ1) is 16.7. The van der Waals surface area contributed by atoms with Gasteiger partial charge in [-0.05, 0) is 0 Å². The molecule has 35 heavy (non-hydrogen) atoms. The monoisotopic (exact) mass is 521 g/mol. The number of alkyl halides is 3. The quantitative estimate of drug-likeness (QED) is 0.488. The molecule has 1 N–H and O–H groups in total. The van der Waals surface area contributed by atoms with Crippen molar-refractivity contribution in [1.82, 2.24) is 14.9 Å². The Hall–Kier alpha value is -2.01. The summed E-state index contributed by atoms with van der Waals surface area (Å²) in [6.45, 7) is 1.24. The Morgan fingerprint density at radius 1 is 1.31 bits per heavy atom. The molecule has 0 saturated carbocycles. The number of urea groups is 1. The van der Waals surface area contributed by atoms with Gasteiger partial charge in [0, 0.05) is 0 Å². The number of ether oxygens (including phenoxy) is 3. The molecule has 194 valence electrons. The van der Waals surface area contributed by atoms with Gasteiger partial charge in [-0.15, -0.1) is 0 Å². The molecule has 1 aromatic carbocycles. The number of halogens is 4. The number of fused-ring (bicyclic) bond motifs is 3. The van der Waals surface area contributed by atoms with Crippen molar-refractivity contribution in [2.75, 3.05) is 38.8 Å². The van der Waals surface area contributed by atoms with Crippen LogP contribution in [0.15, 0.2) is 18.2 Å². The van der Waals surface area contributed by atoms with Crippen molar-refractivity contribution in [3.63, 3.8) is 0 Å². The normalized spacial score (nSPS) is 30.1. The van der Waals surface area contributed by atoms with Gasteiger partial charge in [0.25, 0.3) is 0 Å². The summed E-state index contributed by atoms with van der Waals surface area (Å²) < 4.78 is 71.7. The van der Waals surface area contributed by atoms with E-state index in [2.05, 4.69) is 5.32 Å². The average molecular weight is 521 g/mol. The van der Waals surface area contributed by atoms with Crippen LogP contribution in [0.25, 0.3) is 0 Å². The topological polar surface area (TPSA) is 80.3 Å². The number of carbonyl (C=O) groups excluding carboxylic acids is 2. The van der Waals surface area contributed by atoms with Crippen molar-refractivity contribution in [3.8, 4) is 0 Å². The molecule has 13 heteroatoms. The van der Waals surface area contributed by atoms with Crippen LogP contribution in [0.4, 0.5) is 22.4 Å². The summed E-state index contributed by atoms with van der Waals surface area (Å²) in [5.41, 5.74) is -0.966. The molecular formula is C22H28F4N3O5P.